The molecule has 1 saturated heterocycles. The Morgan fingerprint density at radius 3 is 2.62 bits per heavy atom. The summed E-state index contributed by atoms with van der Waals surface area (Å²) in [6.07, 6.45) is 3.91. The van der Waals surface area contributed by atoms with Crippen molar-refractivity contribution in [3.8, 4) is 0 Å². The number of nitrogens with zero attached hydrogens (tertiary/aromatic N) is 3. The second-order valence-electron chi connectivity index (χ2n) is 8.26. The Balaban J connectivity index is 1.71. The summed E-state index contributed by atoms with van der Waals surface area (Å²) in [5.74, 6) is 0.378. The number of amides is 1. The predicted molar refractivity (Wildman–Crippen MR) is 104 cm³/mol. The van der Waals surface area contributed by atoms with E-state index in [1.165, 1.54) is 11.1 Å². The summed E-state index contributed by atoms with van der Waals surface area (Å²) in [6.45, 7) is 8.76. The fraction of sp³-hybridized carbons (Fsp3) is 0.524. The Labute approximate surface area is 156 Å². The number of hydrogen-bond donors (Lipinski definition) is 1. The molecule has 1 N–H and O–H groups in total. The van der Waals surface area contributed by atoms with Crippen LogP contribution >= 0.6 is 0 Å². The highest BCUT2D eigenvalue weighted by molar-refractivity contribution is 5.80. The molecule has 0 bridgehead atoms. The molecule has 1 fully saturated rings. The zero-order chi connectivity index (χ0) is 18.9. The van der Waals surface area contributed by atoms with Crippen molar-refractivity contribution < 1.29 is 4.79 Å². The highest BCUT2D eigenvalue weighted by Gasteiger charge is 2.37. The number of nitrogens with one attached hydrogen (secondary N) is 1. The van der Waals surface area contributed by atoms with Crippen molar-refractivity contribution in [3.63, 3.8) is 0 Å². The largest absolute Gasteiger partial charge is 0.345 e. The lowest BCUT2D eigenvalue weighted by atomic mass is 9.83. The molecule has 1 aliphatic rings. The van der Waals surface area contributed by atoms with Crippen LogP contribution in [0.5, 0.6) is 0 Å². The Hall–Kier alpha value is -2.14. The van der Waals surface area contributed by atoms with Crippen LogP contribution in [-0.2, 0) is 17.3 Å². The number of carbonyl (C=O) groups is 1. The van der Waals surface area contributed by atoms with Gasteiger partial charge < -0.3 is 10.2 Å². The maximum absolute atomic E-state index is 13.2. The van der Waals surface area contributed by atoms with Gasteiger partial charge in [0.2, 0.25) is 5.91 Å². The summed E-state index contributed by atoms with van der Waals surface area (Å²) in [5, 5.41) is 7.65. The van der Waals surface area contributed by atoms with Crippen LogP contribution < -0.4 is 5.32 Å². The van der Waals surface area contributed by atoms with E-state index >= 15 is 0 Å². The number of rotatable bonds is 5. The third kappa shape index (κ3) is 3.83. The smallest absolute Gasteiger partial charge is 0.227 e. The van der Waals surface area contributed by atoms with E-state index in [-0.39, 0.29) is 23.2 Å². The molecule has 140 valence electrons. The van der Waals surface area contributed by atoms with Crippen LogP contribution in [0.25, 0.3) is 0 Å². The van der Waals surface area contributed by atoms with Crippen LogP contribution in [0, 0.1) is 12.8 Å². The summed E-state index contributed by atoms with van der Waals surface area (Å²) in [4.78, 5) is 15.1. The summed E-state index contributed by atoms with van der Waals surface area (Å²) >= 11 is 0. The molecule has 0 unspecified atom stereocenters. The molecule has 0 saturated carbocycles. The molecule has 0 aliphatic carbocycles. The van der Waals surface area contributed by atoms with Crippen molar-refractivity contribution in [2.45, 2.75) is 32.1 Å². The first-order valence-corrected chi connectivity index (χ1v) is 9.29. The number of likely N-dealkylation sites (N-methyl/N-ethyl adjacent to an activating group) is 1. The van der Waals surface area contributed by atoms with Crippen LogP contribution in [0.2, 0.25) is 0 Å². The van der Waals surface area contributed by atoms with Gasteiger partial charge >= 0.3 is 0 Å². The van der Waals surface area contributed by atoms with Gasteiger partial charge in [-0.1, -0.05) is 43.7 Å². The van der Waals surface area contributed by atoms with E-state index in [0.29, 0.717) is 6.54 Å². The molecule has 1 amide bonds. The van der Waals surface area contributed by atoms with E-state index in [1.54, 1.807) is 4.68 Å². The molecule has 3 rings (SSSR count). The third-order valence-electron chi connectivity index (χ3n) is 5.53. The number of aromatic nitrogens is 2. The van der Waals surface area contributed by atoms with E-state index in [9.17, 15) is 4.79 Å². The fourth-order valence-electron chi connectivity index (χ4n) is 3.97. The first-order chi connectivity index (χ1) is 12.3. The second kappa shape index (κ2) is 7.23. The highest BCUT2D eigenvalue weighted by Crippen LogP contribution is 2.31. The van der Waals surface area contributed by atoms with E-state index < -0.39 is 0 Å². The molecule has 1 aromatic heterocycles. The summed E-state index contributed by atoms with van der Waals surface area (Å²) in [5.41, 5.74) is 3.57. The monoisotopic (exact) mass is 354 g/mol. The van der Waals surface area contributed by atoms with Gasteiger partial charge in [0.05, 0.1) is 12.1 Å². The van der Waals surface area contributed by atoms with Crippen molar-refractivity contribution in [2.75, 3.05) is 26.7 Å². The zero-order valence-electron chi connectivity index (χ0n) is 16.5. The van der Waals surface area contributed by atoms with Gasteiger partial charge in [-0.15, -0.1) is 0 Å². The fourth-order valence-corrected chi connectivity index (χ4v) is 3.97. The minimum Gasteiger partial charge on any atom is -0.345 e. The van der Waals surface area contributed by atoms with Crippen LogP contribution in [0.4, 0.5) is 0 Å². The maximum atomic E-state index is 13.2. The van der Waals surface area contributed by atoms with Crippen molar-refractivity contribution in [2.24, 2.45) is 13.0 Å². The predicted octanol–water partition coefficient (Wildman–Crippen LogP) is 2.47. The van der Waals surface area contributed by atoms with Gasteiger partial charge in [0.1, 0.15) is 0 Å². The summed E-state index contributed by atoms with van der Waals surface area (Å²) in [6, 6.07) is 8.61. The number of aryl methyl sites for hydroxylation is 2. The standard InChI is InChI=1S/C21H30N4O/c1-15-6-8-17(9-7-15)21(2,3)14-24(4)20(26)19-12-22-11-18(19)16-10-23-25(5)13-16/h6-10,13,18-19,22H,11-12,14H2,1-5H3/t18-,19+/m1/s1. The van der Waals surface area contributed by atoms with E-state index in [0.717, 1.165) is 18.7 Å². The molecule has 0 spiro atoms. The van der Waals surface area contributed by atoms with Gasteiger partial charge in [0, 0.05) is 51.3 Å². The number of benzene rings is 1. The van der Waals surface area contributed by atoms with Crippen LogP contribution in [0.3, 0.4) is 0 Å². The van der Waals surface area contributed by atoms with Crippen molar-refractivity contribution >= 4 is 5.91 Å². The maximum Gasteiger partial charge on any atom is 0.227 e. The molecule has 0 radical (unpaired) electrons. The number of carbonyl (C=O) groups excluding carboxylic acids is 1. The van der Waals surface area contributed by atoms with Crippen molar-refractivity contribution in [1.82, 2.24) is 20.0 Å². The third-order valence-corrected chi connectivity index (χ3v) is 5.53. The van der Waals surface area contributed by atoms with Gasteiger partial charge in [0.25, 0.3) is 0 Å². The average molecular weight is 354 g/mol. The minimum atomic E-state index is -0.0893. The molecule has 2 aromatic rings. The second-order valence-corrected chi connectivity index (χ2v) is 8.26. The first-order valence-electron chi connectivity index (χ1n) is 9.29. The topological polar surface area (TPSA) is 50.2 Å². The average Bonchev–Trinajstić information content (AvgIpc) is 3.22. The zero-order valence-corrected chi connectivity index (χ0v) is 16.5. The van der Waals surface area contributed by atoms with Crippen LogP contribution in [0.15, 0.2) is 36.7 Å². The molecule has 2 atom stereocenters. The van der Waals surface area contributed by atoms with Gasteiger partial charge in [-0.25, -0.2) is 0 Å². The van der Waals surface area contributed by atoms with E-state index in [2.05, 4.69) is 55.5 Å². The Morgan fingerprint density at radius 2 is 2.00 bits per heavy atom. The lowest BCUT2D eigenvalue weighted by Crippen LogP contribution is -2.42. The highest BCUT2D eigenvalue weighted by atomic mass is 16.2. The molecule has 5 heteroatoms. The van der Waals surface area contributed by atoms with Crippen LogP contribution in [-0.4, -0.2) is 47.3 Å². The molecule has 1 aliphatic heterocycles. The first kappa shape index (κ1) is 18.6. The van der Waals surface area contributed by atoms with Gasteiger partial charge in [0.15, 0.2) is 0 Å². The van der Waals surface area contributed by atoms with Crippen LogP contribution in [0.1, 0.15) is 36.5 Å². The quantitative estimate of drug-likeness (QED) is 0.897. The molecule has 26 heavy (non-hydrogen) atoms. The Kier molecular flexibility index (Phi) is 5.19. The van der Waals surface area contributed by atoms with E-state index in [1.807, 2.05) is 31.4 Å². The van der Waals surface area contributed by atoms with Crippen molar-refractivity contribution in [3.05, 3.63) is 53.3 Å². The van der Waals surface area contributed by atoms with Gasteiger partial charge in [-0.2, -0.15) is 5.10 Å². The number of hydrogen-bond acceptors (Lipinski definition) is 3. The SMILES string of the molecule is Cc1ccc(C(C)(C)CN(C)C(=O)[C@H]2CNC[C@@H]2c2cnn(C)c2)cc1. The molecule has 1 aromatic carbocycles. The van der Waals surface area contributed by atoms with Crippen molar-refractivity contribution in [1.29, 1.82) is 0 Å². The normalized spacial score (nSPS) is 20.3. The molecule has 2 heterocycles. The summed E-state index contributed by atoms with van der Waals surface area (Å²) in [7, 11) is 3.84. The lowest BCUT2D eigenvalue weighted by molar-refractivity contribution is -0.134. The van der Waals surface area contributed by atoms with Gasteiger partial charge in [-0.05, 0) is 18.1 Å². The van der Waals surface area contributed by atoms with E-state index in [4.69, 9.17) is 0 Å². The molecular weight excluding hydrogens is 324 g/mol. The summed E-state index contributed by atoms with van der Waals surface area (Å²) < 4.78 is 1.80. The Morgan fingerprint density at radius 1 is 1.31 bits per heavy atom. The minimum absolute atomic E-state index is 0.0296. The Bertz CT molecular complexity index is 763. The lowest BCUT2D eigenvalue weighted by Gasteiger charge is -2.33. The molecule has 5 nitrogen and oxygen atoms in total. The van der Waals surface area contributed by atoms with Gasteiger partial charge in [-0.3, -0.25) is 9.48 Å². The molecular formula is C21H30N4O.